The van der Waals surface area contributed by atoms with Crippen LogP contribution in [0.25, 0.3) is 0 Å². The Morgan fingerprint density at radius 3 is 2.22 bits per heavy atom. The molecule has 0 bridgehead atoms. The highest BCUT2D eigenvalue weighted by Gasteiger charge is 2.03. The Kier molecular flexibility index (Phi) is 3.63. The number of aryl methyl sites for hydroxylation is 2. The highest BCUT2D eigenvalue weighted by atomic mass is 16.5. The number of rotatable bonds is 3. The molecule has 1 unspecified atom stereocenters. The molecule has 0 saturated carbocycles. The van der Waals surface area contributed by atoms with E-state index in [-0.39, 0.29) is 6.04 Å². The first kappa shape index (κ1) is 12.6. The number of ether oxygens (including phenoxy) is 1. The van der Waals surface area contributed by atoms with Gasteiger partial charge in [-0.2, -0.15) is 0 Å². The van der Waals surface area contributed by atoms with Crippen LogP contribution in [-0.2, 0) is 0 Å². The third kappa shape index (κ3) is 3.08. The average Bonchev–Trinajstić information content (AvgIpc) is 2.28. The van der Waals surface area contributed by atoms with Gasteiger partial charge in [0.1, 0.15) is 11.5 Å². The van der Waals surface area contributed by atoms with Crippen molar-refractivity contribution >= 4 is 0 Å². The van der Waals surface area contributed by atoms with E-state index in [0.29, 0.717) is 0 Å². The minimum atomic E-state index is -0.0553. The van der Waals surface area contributed by atoms with E-state index in [2.05, 4.69) is 24.9 Å². The summed E-state index contributed by atoms with van der Waals surface area (Å²) in [4.78, 5) is 4.27. The summed E-state index contributed by atoms with van der Waals surface area (Å²) in [5, 5.41) is 0. The first-order chi connectivity index (χ1) is 8.54. The SMILES string of the molecule is Cc1cc(C)cc(Oc2ccc(C(C)N)nc2)c1. The van der Waals surface area contributed by atoms with Crippen molar-refractivity contribution in [2.24, 2.45) is 5.73 Å². The molecule has 3 heteroatoms. The maximum Gasteiger partial charge on any atom is 0.145 e. The first-order valence-electron chi connectivity index (χ1n) is 6.02. The molecule has 0 saturated heterocycles. The van der Waals surface area contributed by atoms with Gasteiger partial charge in [-0.1, -0.05) is 6.07 Å². The summed E-state index contributed by atoms with van der Waals surface area (Å²) in [5.41, 5.74) is 8.99. The fraction of sp³-hybridized carbons (Fsp3) is 0.267. The second kappa shape index (κ2) is 5.19. The number of pyridine rings is 1. The van der Waals surface area contributed by atoms with Crippen molar-refractivity contribution in [3.05, 3.63) is 53.3 Å². The van der Waals surface area contributed by atoms with Crippen LogP contribution >= 0.6 is 0 Å². The molecule has 0 radical (unpaired) electrons. The van der Waals surface area contributed by atoms with Crippen molar-refractivity contribution in [1.82, 2.24) is 4.98 Å². The molecule has 0 amide bonds. The molecular weight excluding hydrogens is 224 g/mol. The van der Waals surface area contributed by atoms with E-state index < -0.39 is 0 Å². The Hall–Kier alpha value is -1.87. The predicted octanol–water partition coefficient (Wildman–Crippen LogP) is 3.51. The van der Waals surface area contributed by atoms with E-state index in [0.717, 1.165) is 17.2 Å². The number of aromatic nitrogens is 1. The molecule has 1 aromatic carbocycles. The highest BCUT2D eigenvalue weighted by Crippen LogP contribution is 2.23. The van der Waals surface area contributed by atoms with Gasteiger partial charge in [0.2, 0.25) is 0 Å². The molecule has 1 heterocycles. The normalized spacial score (nSPS) is 12.2. The molecule has 0 aliphatic carbocycles. The molecule has 0 aliphatic rings. The molecule has 1 atom stereocenters. The van der Waals surface area contributed by atoms with Gasteiger partial charge in [0, 0.05) is 6.04 Å². The van der Waals surface area contributed by atoms with Gasteiger partial charge in [-0.05, 0) is 56.2 Å². The number of hydrogen-bond donors (Lipinski definition) is 1. The van der Waals surface area contributed by atoms with Crippen LogP contribution in [0, 0.1) is 13.8 Å². The average molecular weight is 242 g/mol. The van der Waals surface area contributed by atoms with Crippen LogP contribution < -0.4 is 10.5 Å². The largest absolute Gasteiger partial charge is 0.456 e. The summed E-state index contributed by atoms with van der Waals surface area (Å²) < 4.78 is 5.77. The standard InChI is InChI=1S/C15H18N2O/c1-10-6-11(2)8-14(7-10)18-13-4-5-15(12(3)16)17-9-13/h4-9,12H,16H2,1-3H3. The highest BCUT2D eigenvalue weighted by molar-refractivity contribution is 5.36. The van der Waals surface area contributed by atoms with Crippen molar-refractivity contribution in [3.8, 4) is 11.5 Å². The Balaban J connectivity index is 2.18. The molecule has 0 fully saturated rings. The minimum Gasteiger partial charge on any atom is -0.456 e. The Bertz CT molecular complexity index is 512. The number of nitrogens with zero attached hydrogens (tertiary/aromatic N) is 1. The molecule has 94 valence electrons. The van der Waals surface area contributed by atoms with E-state index in [1.54, 1.807) is 6.20 Å². The summed E-state index contributed by atoms with van der Waals surface area (Å²) in [5.74, 6) is 1.56. The Labute approximate surface area is 108 Å². The van der Waals surface area contributed by atoms with Crippen LogP contribution in [-0.4, -0.2) is 4.98 Å². The fourth-order valence-electron chi connectivity index (χ4n) is 1.85. The molecule has 2 rings (SSSR count). The van der Waals surface area contributed by atoms with Gasteiger partial charge in [-0.25, -0.2) is 0 Å². The van der Waals surface area contributed by atoms with Crippen molar-refractivity contribution in [3.63, 3.8) is 0 Å². The molecule has 2 N–H and O–H groups in total. The first-order valence-corrected chi connectivity index (χ1v) is 6.02. The summed E-state index contributed by atoms with van der Waals surface area (Å²) in [6, 6.07) is 9.86. The monoisotopic (exact) mass is 242 g/mol. The quantitative estimate of drug-likeness (QED) is 0.896. The molecule has 3 nitrogen and oxygen atoms in total. The third-order valence-electron chi connectivity index (χ3n) is 2.66. The zero-order valence-corrected chi connectivity index (χ0v) is 11.0. The molecule has 18 heavy (non-hydrogen) atoms. The second-order valence-corrected chi connectivity index (χ2v) is 4.63. The Morgan fingerprint density at radius 1 is 1.06 bits per heavy atom. The van der Waals surface area contributed by atoms with Gasteiger partial charge in [0.05, 0.1) is 11.9 Å². The molecular formula is C15H18N2O. The number of nitrogens with two attached hydrogens (primary N) is 1. The van der Waals surface area contributed by atoms with Crippen LogP contribution in [0.5, 0.6) is 11.5 Å². The van der Waals surface area contributed by atoms with Crippen LogP contribution in [0.4, 0.5) is 0 Å². The van der Waals surface area contributed by atoms with Gasteiger partial charge in [-0.3, -0.25) is 4.98 Å². The van der Waals surface area contributed by atoms with Crippen LogP contribution in [0.3, 0.4) is 0 Å². The summed E-state index contributed by atoms with van der Waals surface area (Å²) in [7, 11) is 0. The van der Waals surface area contributed by atoms with E-state index >= 15 is 0 Å². The lowest BCUT2D eigenvalue weighted by atomic mass is 10.1. The van der Waals surface area contributed by atoms with Crippen LogP contribution in [0.15, 0.2) is 36.5 Å². The van der Waals surface area contributed by atoms with Crippen molar-refractivity contribution in [1.29, 1.82) is 0 Å². The van der Waals surface area contributed by atoms with Crippen molar-refractivity contribution in [2.45, 2.75) is 26.8 Å². The van der Waals surface area contributed by atoms with Crippen molar-refractivity contribution < 1.29 is 4.74 Å². The minimum absolute atomic E-state index is 0.0553. The lowest BCUT2D eigenvalue weighted by Crippen LogP contribution is -2.06. The summed E-state index contributed by atoms with van der Waals surface area (Å²) in [6.07, 6.45) is 1.70. The van der Waals surface area contributed by atoms with Gasteiger partial charge < -0.3 is 10.5 Å². The summed E-state index contributed by atoms with van der Waals surface area (Å²) >= 11 is 0. The predicted molar refractivity (Wildman–Crippen MR) is 72.8 cm³/mol. The second-order valence-electron chi connectivity index (χ2n) is 4.63. The van der Waals surface area contributed by atoms with Crippen molar-refractivity contribution in [2.75, 3.05) is 0 Å². The molecule has 2 aromatic rings. The van der Waals surface area contributed by atoms with Gasteiger partial charge in [0.25, 0.3) is 0 Å². The smallest absolute Gasteiger partial charge is 0.145 e. The van der Waals surface area contributed by atoms with Gasteiger partial charge in [-0.15, -0.1) is 0 Å². The maximum atomic E-state index is 5.77. The molecule has 0 aliphatic heterocycles. The fourth-order valence-corrected chi connectivity index (χ4v) is 1.85. The van der Waals surface area contributed by atoms with Crippen LogP contribution in [0.2, 0.25) is 0 Å². The lowest BCUT2D eigenvalue weighted by molar-refractivity contribution is 0.478. The number of benzene rings is 1. The molecule has 0 spiro atoms. The van der Waals surface area contributed by atoms with Gasteiger partial charge in [0.15, 0.2) is 0 Å². The van der Waals surface area contributed by atoms with E-state index in [1.807, 2.05) is 31.2 Å². The zero-order chi connectivity index (χ0) is 13.1. The zero-order valence-electron chi connectivity index (χ0n) is 11.0. The third-order valence-corrected chi connectivity index (χ3v) is 2.66. The topological polar surface area (TPSA) is 48.1 Å². The van der Waals surface area contributed by atoms with E-state index in [9.17, 15) is 0 Å². The van der Waals surface area contributed by atoms with Crippen LogP contribution in [0.1, 0.15) is 29.8 Å². The number of hydrogen-bond acceptors (Lipinski definition) is 3. The Morgan fingerprint density at radius 2 is 1.72 bits per heavy atom. The maximum absolute atomic E-state index is 5.77. The lowest BCUT2D eigenvalue weighted by Gasteiger charge is -2.09. The molecule has 1 aromatic heterocycles. The van der Waals surface area contributed by atoms with E-state index in [4.69, 9.17) is 10.5 Å². The summed E-state index contributed by atoms with van der Waals surface area (Å²) in [6.45, 7) is 6.02. The van der Waals surface area contributed by atoms with Gasteiger partial charge >= 0.3 is 0 Å². The van der Waals surface area contributed by atoms with E-state index in [1.165, 1.54) is 11.1 Å².